The molecule has 0 aromatic carbocycles. The highest BCUT2D eigenvalue weighted by molar-refractivity contribution is 4.95. The largest absolute Gasteiger partial charge is 0.390 e. The molecule has 114 valence electrons. The SMILES string of the molecule is COCC(O)Cc1nc(C2CN(C(C)C)CCO2)no1. The number of nitrogens with zero attached hydrogens (tertiary/aromatic N) is 3. The van der Waals surface area contributed by atoms with Crippen molar-refractivity contribution in [1.29, 1.82) is 0 Å². The lowest BCUT2D eigenvalue weighted by molar-refractivity contribution is -0.0450. The van der Waals surface area contributed by atoms with Crippen LogP contribution in [0.3, 0.4) is 0 Å². The predicted molar refractivity (Wildman–Crippen MR) is 71.3 cm³/mol. The first-order valence-electron chi connectivity index (χ1n) is 6.95. The van der Waals surface area contributed by atoms with E-state index in [9.17, 15) is 5.11 Å². The molecule has 1 aliphatic rings. The van der Waals surface area contributed by atoms with Gasteiger partial charge in [0, 0.05) is 26.2 Å². The van der Waals surface area contributed by atoms with Crippen LogP contribution >= 0.6 is 0 Å². The summed E-state index contributed by atoms with van der Waals surface area (Å²) in [5.41, 5.74) is 0. The Labute approximate surface area is 118 Å². The van der Waals surface area contributed by atoms with E-state index in [4.69, 9.17) is 14.0 Å². The second kappa shape index (κ2) is 7.12. The molecule has 1 N–H and O–H groups in total. The van der Waals surface area contributed by atoms with E-state index in [0.717, 1.165) is 13.1 Å². The topological polar surface area (TPSA) is 80.9 Å². The molecule has 0 spiro atoms. The van der Waals surface area contributed by atoms with Crippen LogP contribution in [0, 0.1) is 0 Å². The average molecular weight is 285 g/mol. The molecule has 7 heteroatoms. The van der Waals surface area contributed by atoms with E-state index in [1.165, 1.54) is 0 Å². The fourth-order valence-corrected chi connectivity index (χ4v) is 2.23. The number of hydrogen-bond donors (Lipinski definition) is 1. The summed E-state index contributed by atoms with van der Waals surface area (Å²) in [6, 6.07) is 0.469. The van der Waals surface area contributed by atoms with Crippen LogP contribution in [-0.4, -0.2) is 65.7 Å². The zero-order valence-corrected chi connectivity index (χ0v) is 12.3. The van der Waals surface area contributed by atoms with Crippen LogP contribution in [0.4, 0.5) is 0 Å². The number of hydrogen-bond acceptors (Lipinski definition) is 7. The van der Waals surface area contributed by atoms with Gasteiger partial charge in [-0.2, -0.15) is 4.98 Å². The van der Waals surface area contributed by atoms with Gasteiger partial charge >= 0.3 is 0 Å². The molecule has 7 nitrogen and oxygen atoms in total. The summed E-state index contributed by atoms with van der Waals surface area (Å²) in [6.07, 6.45) is -0.502. The van der Waals surface area contributed by atoms with Gasteiger partial charge in [-0.3, -0.25) is 4.90 Å². The summed E-state index contributed by atoms with van der Waals surface area (Å²) >= 11 is 0. The fourth-order valence-electron chi connectivity index (χ4n) is 2.23. The first kappa shape index (κ1) is 15.4. The normalized spacial score (nSPS) is 22.4. The summed E-state index contributed by atoms with van der Waals surface area (Å²) in [4.78, 5) is 6.63. The lowest BCUT2D eigenvalue weighted by atomic mass is 10.2. The molecule has 0 amide bonds. The van der Waals surface area contributed by atoms with Crippen molar-refractivity contribution in [3.8, 4) is 0 Å². The standard InChI is InChI=1S/C13H23N3O4/c1-9(2)16-4-5-19-11(7-16)13-14-12(20-15-13)6-10(17)8-18-3/h9-11,17H,4-8H2,1-3H3. The van der Waals surface area contributed by atoms with Crippen LogP contribution in [0.15, 0.2) is 4.52 Å². The van der Waals surface area contributed by atoms with Crippen molar-refractivity contribution in [1.82, 2.24) is 15.0 Å². The second-order valence-electron chi connectivity index (χ2n) is 5.31. The minimum Gasteiger partial charge on any atom is -0.390 e. The third-order valence-corrected chi connectivity index (χ3v) is 3.37. The van der Waals surface area contributed by atoms with Gasteiger partial charge < -0.3 is 19.1 Å². The van der Waals surface area contributed by atoms with Gasteiger partial charge in [0.25, 0.3) is 0 Å². The highest BCUT2D eigenvalue weighted by Gasteiger charge is 2.27. The molecule has 1 aromatic heterocycles. The quantitative estimate of drug-likeness (QED) is 0.810. The Kier molecular flexibility index (Phi) is 5.47. The highest BCUT2D eigenvalue weighted by Crippen LogP contribution is 2.21. The van der Waals surface area contributed by atoms with Gasteiger partial charge in [-0.15, -0.1) is 0 Å². The maximum atomic E-state index is 9.64. The Balaban J connectivity index is 1.94. The molecule has 1 aromatic rings. The van der Waals surface area contributed by atoms with Crippen molar-refractivity contribution in [3.63, 3.8) is 0 Å². The number of aliphatic hydroxyl groups excluding tert-OH is 1. The smallest absolute Gasteiger partial charge is 0.229 e. The Morgan fingerprint density at radius 2 is 2.30 bits per heavy atom. The maximum Gasteiger partial charge on any atom is 0.229 e. The second-order valence-corrected chi connectivity index (χ2v) is 5.31. The number of morpholine rings is 1. The van der Waals surface area contributed by atoms with E-state index in [0.29, 0.717) is 30.8 Å². The van der Waals surface area contributed by atoms with Gasteiger partial charge in [-0.1, -0.05) is 5.16 Å². The Hall–Kier alpha value is -1.02. The van der Waals surface area contributed by atoms with Crippen LogP contribution in [0.25, 0.3) is 0 Å². The molecule has 2 heterocycles. The zero-order valence-electron chi connectivity index (χ0n) is 12.3. The van der Waals surface area contributed by atoms with Gasteiger partial charge in [-0.25, -0.2) is 0 Å². The third-order valence-electron chi connectivity index (χ3n) is 3.37. The van der Waals surface area contributed by atoms with Crippen LogP contribution < -0.4 is 0 Å². The van der Waals surface area contributed by atoms with E-state index in [1.807, 2.05) is 0 Å². The number of aliphatic hydroxyl groups is 1. The number of methoxy groups -OCH3 is 1. The van der Waals surface area contributed by atoms with Gasteiger partial charge in [0.15, 0.2) is 0 Å². The van der Waals surface area contributed by atoms with Crippen molar-refractivity contribution in [2.75, 3.05) is 33.4 Å². The molecule has 20 heavy (non-hydrogen) atoms. The summed E-state index contributed by atoms with van der Waals surface area (Å²) in [5.74, 6) is 0.963. The highest BCUT2D eigenvalue weighted by atomic mass is 16.5. The molecule has 0 bridgehead atoms. The summed E-state index contributed by atoms with van der Waals surface area (Å²) in [6.45, 7) is 6.91. The third kappa shape index (κ3) is 3.99. The van der Waals surface area contributed by atoms with Crippen molar-refractivity contribution in [3.05, 3.63) is 11.7 Å². The zero-order chi connectivity index (χ0) is 14.5. The van der Waals surface area contributed by atoms with E-state index in [-0.39, 0.29) is 12.7 Å². The van der Waals surface area contributed by atoms with Gasteiger partial charge in [-0.05, 0) is 13.8 Å². The number of ether oxygens (including phenoxy) is 2. The lowest BCUT2D eigenvalue weighted by Crippen LogP contribution is -2.42. The molecule has 1 saturated heterocycles. The summed E-state index contributed by atoms with van der Waals surface area (Å²) in [7, 11) is 1.54. The minimum absolute atomic E-state index is 0.164. The first-order valence-corrected chi connectivity index (χ1v) is 6.95. The van der Waals surface area contributed by atoms with Crippen molar-refractivity contribution in [2.24, 2.45) is 0 Å². The van der Waals surface area contributed by atoms with E-state index >= 15 is 0 Å². The van der Waals surface area contributed by atoms with E-state index in [1.54, 1.807) is 7.11 Å². The van der Waals surface area contributed by atoms with Crippen LogP contribution in [0.1, 0.15) is 31.7 Å². The van der Waals surface area contributed by atoms with Crippen molar-refractivity contribution < 1.29 is 19.1 Å². The Morgan fingerprint density at radius 1 is 1.50 bits per heavy atom. The predicted octanol–water partition coefficient (Wildman–Crippen LogP) is 0.401. The minimum atomic E-state index is -0.632. The number of rotatable bonds is 6. The van der Waals surface area contributed by atoms with Crippen molar-refractivity contribution in [2.45, 2.75) is 38.5 Å². The van der Waals surface area contributed by atoms with E-state index in [2.05, 4.69) is 28.9 Å². The molecule has 0 radical (unpaired) electrons. The van der Waals surface area contributed by atoms with Gasteiger partial charge in [0.05, 0.1) is 25.7 Å². The van der Waals surface area contributed by atoms with Crippen LogP contribution in [-0.2, 0) is 15.9 Å². The van der Waals surface area contributed by atoms with Crippen LogP contribution in [0.2, 0.25) is 0 Å². The molecular formula is C13H23N3O4. The summed E-state index contributed by atoms with van der Waals surface area (Å²) in [5, 5.41) is 13.6. The molecule has 0 saturated carbocycles. The number of aromatic nitrogens is 2. The van der Waals surface area contributed by atoms with E-state index < -0.39 is 6.10 Å². The van der Waals surface area contributed by atoms with Crippen molar-refractivity contribution >= 4 is 0 Å². The fraction of sp³-hybridized carbons (Fsp3) is 0.846. The van der Waals surface area contributed by atoms with Gasteiger partial charge in [0.1, 0.15) is 6.10 Å². The molecule has 2 atom stereocenters. The lowest BCUT2D eigenvalue weighted by Gasteiger charge is -2.34. The Morgan fingerprint density at radius 3 is 3.00 bits per heavy atom. The molecule has 0 aliphatic carbocycles. The maximum absolute atomic E-state index is 9.64. The Bertz CT molecular complexity index is 410. The van der Waals surface area contributed by atoms with Crippen LogP contribution in [0.5, 0.6) is 0 Å². The monoisotopic (exact) mass is 285 g/mol. The first-order chi connectivity index (χ1) is 9.60. The molecular weight excluding hydrogens is 262 g/mol. The average Bonchev–Trinajstić information content (AvgIpc) is 2.87. The molecule has 2 rings (SSSR count). The molecule has 1 aliphatic heterocycles. The molecule has 2 unspecified atom stereocenters. The summed E-state index contributed by atoms with van der Waals surface area (Å²) < 4.78 is 15.7. The van der Waals surface area contributed by atoms with Gasteiger partial charge in [0.2, 0.25) is 11.7 Å². The molecule has 1 fully saturated rings.